The van der Waals surface area contributed by atoms with Gasteiger partial charge < -0.3 is 10.1 Å². The number of anilines is 1. The van der Waals surface area contributed by atoms with E-state index < -0.39 is 6.04 Å². The molecule has 1 aliphatic rings. The summed E-state index contributed by atoms with van der Waals surface area (Å²) in [5.74, 6) is 0.506. The number of nitrogens with zero attached hydrogens (tertiary/aromatic N) is 2. The normalized spacial score (nSPS) is 15.0. The number of aromatic nitrogens is 1. The molecule has 4 rings (SSSR count). The molecule has 6 heteroatoms. The van der Waals surface area contributed by atoms with Crippen LogP contribution >= 0.6 is 0 Å². The van der Waals surface area contributed by atoms with Crippen molar-refractivity contribution in [3.63, 3.8) is 0 Å². The van der Waals surface area contributed by atoms with E-state index >= 15 is 0 Å². The van der Waals surface area contributed by atoms with Crippen molar-refractivity contribution in [2.75, 3.05) is 11.5 Å². The number of carbonyl (C=O) groups is 2. The zero-order valence-corrected chi connectivity index (χ0v) is 17.7. The Morgan fingerprint density at radius 2 is 1.97 bits per heavy atom. The van der Waals surface area contributed by atoms with Crippen LogP contribution < -0.4 is 15.0 Å². The van der Waals surface area contributed by atoms with Gasteiger partial charge >= 0.3 is 0 Å². The molecule has 0 fully saturated rings. The highest BCUT2D eigenvalue weighted by Crippen LogP contribution is 2.38. The number of carbonyl (C=O) groups excluding carboxylic acids is 2. The van der Waals surface area contributed by atoms with Crippen molar-refractivity contribution in [3.05, 3.63) is 89.2 Å². The Hall–Kier alpha value is -3.67. The molecule has 0 spiro atoms. The van der Waals surface area contributed by atoms with E-state index in [9.17, 15) is 9.59 Å². The zero-order valence-electron chi connectivity index (χ0n) is 17.7. The van der Waals surface area contributed by atoms with Gasteiger partial charge in [-0.25, -0.2) is 0 Å². The average Bonchev–Trinajstić information content (AvgIpc) is 3.05. The predicted molar refractivity (Wildman–Crippen MR) is 119 cm³/mol. The van der Waals surface area contributed by atoms with Crippen LogP contribution in [0, 0.1) is 6.92 Å². The van der Waals surface area contributed by atoms with Crippen molar-refractivity contribution in [2.45, 2.75) is 32.9 Å². The van der Waals surface area contributed by atoms with Crippen LogP contribution in [0.25, 0.3) is 0 Å². The molecule has 2 amide bonds. The summed E-state index contributed by atoms with van der Waals surface area (Å²) in [4.78, 5) is 32.1. The molecule has 2 heterocycles. The minimum atomic E-state index is -0.444. The quantitative estimate of drug-likeness (QED) is 0.628. The third-order valence-corrected chi connectivity index (χ3v) is 5.27. The van der Waals surface area contributed by atoms with Crippen LogP contribution in [0.5, 0.6) is 5.75 Å². The van der Waals surface area contributed by atoms with Crippen molar-refractivity contribution >= 4 is 17.5 Å². The summed E-state index contributed by atoms with van der Waals surface area (Å²) in [6, 6.07) is 18.5. The smallest absolute Gasteiger partial charge is 0.260 e. The largest absolute Gasteiger partial charge is 0.494 e. The third kappa shape index (κ3) is 4.43. The predicted octanol–water partition coefficient (Wildman–Crippen LogP) is 4.20. The molecule has 0 saturated carbocycles. The van der Waals surface area contributed by atoms with Gasteiger partial charge in [-0.3, -0.25) is 19.5 Å². The third-order valence-electron chi connectivity index (χ3n) is 5.27. The summed E-state index contributed by atoms with van der Waals surface area (Å²) >= 11 is 0. The highest BCUT2D eigenvalue weighted by Gasteiger charge is 2.39. The van der Waals surface area contributed by atoms with Gasteiger partial charge in [0.25, 0.3) is 5.91 Å². The van der Waals surface area contributed by atoms with Gasteiger partial charge in [0, 0.05) is 18.4 Å². The number of hydrogen-bond donors (Lipinski definition) is 1. The van der Waals surface area contributed by atoms with E-state index in [1.165, 1.54) is 0 Å². The molecule has 1 unspecified atom stereocenters. The minimum absolute atomic E-state index is 0.129. The van der Waals surface area contributed by atoms with Gasteiger partial charge in [0.1, 0.15) is 5.75 Å². The molecule has 0 radical (unpaired) electrons. The fraction of sp³-hybridized carbons (Fsp3) is 0.240. The molecule has 1 aliphatic heterocycles. The molecule has 31 heavy (non-hydrogen) atoms. The van der Waals surface area contributed by atoms with E-state index in [0.29, 0.717) is 24.4 Å². The topological polar surface area (TPSA) is 71.5 Å². The van der Waals surface area contributed by atoms with Crippen LogP contribution in [0.15, 0.2) is 66.9 Å². The Labute approximate surface area is 181 Å². The molecule has 0 bridgehead atoms. The van der Waals surface area contributed by atoms with Crippen LogP contribution in [-0.2, 0) is 11.3 Å². The molecule has 158 valence electrons. The van der Waals surface area contributed by atoms with Crippen molar-refractivity contribution < 1.29 is 14.3 Å². The first-order valence-corrected chi connectivity index (χ1v) is 10.4. The second-order valence-electron chi connectivity index (χ2n) is 7.53. The molecule has 0 aliphatic carbocycles. The van der Waals surface area contributed by atoms with E-state index in [1.807, 2.05) is 62.4 Å². The lowest BCUT2D eigenvalue weighted by Crippen LogP contribution is -2.33. The molecule has 1 N–H and O–H groups in total. The number of amides is 2. The summed E-state index contributed by atoms with van der Waals surface area (Å²) in [5.41, 5.74) is 3.96. The Balaban J connectivity index is 1.52. The van der Waals surface area contributed by atoms with E-state index in [2.05, 4.69) is 10.3 Å². The van der Waals surface area contributed by atoms with Crippen LogP contribution in [0.1, 0.15) is 46.6 Å². The number of nitrogens with one attached hydrogen (secondary N) is 1. The van der Waals surface area contributed by atoms with Crippen molar-refractivity contribution in [2.24, 2.45) is 0 Å². The van der Waals surface area contributed by atoms with Gasteiger partial charge in [-0.1, -0.05) is 24.3 Å². The summed E-state index contributed by atoms with van der Waals surface area (Å²) < 4.78 is 5.52. The maximum Gasteiger partial charge on any atom is 0.260 e. The Kier molecular flexibility index (Phi) is 5.98. The fourth-order valence-electron chi connectivity index (χ4n) is 3.88. The van der Waals surface area contributed by atoms with Gasteiger partial charge in [0.2, 0.25) is 5.91 Å². The van der Waals surface area contributed by atoms with E-state index in [0.717, 1.165) is 22.6 Å². The van der Waals surface area contributed by atoms with Crippen LogP contribution in [0.4, 0.5) is 5.69 Å². The molecule has 3 aromatic rings. The van der Waals surface area contributed by atoms with Gasteiger partial charge in [-0.05, 0) is 61.4 Å². The maximum absolute atomic E-state index is 13.1. The van der Waals surface area contributed by atoms with E-state index in [-0.39, 0.29) is 18.2 Å². The van der Waals surface area contributed by atoms with Crippen LogP contribution in [-0.4, -0.2) is 23.4 Å². The standard InChI is InChI=1S/C25H25N3O3/c1-3-31-20-10-5-8-18(14-20)16-27-23(29)15-22-24-21(11-6-12-26-24)25(30)28(22)19-9-4-7-17(2)13-19/h4-14,22H,3,15-16H2,1-2H3,(H,27,29). The lowest BCUT2D eigenvalue weighted by atomic mass is 10.1. The first kappa shape index (κ1) is 20.6. The van der Waals surface area contributed by atoms with Crippen LogP contribution in [0.3, 0.4) is 0 Å². The van der Waals surface area contributed by atoms with E-state index in [1.54, 1.807) is 23.2 Å². The molecule has 0 saturated heterocycles. The molecular weight excluding hydrogens is 390 g/mol. The van der Waals surface area contributed by atoms with E-state index in [4.69, 9.17) is 4.74 Å². The highest BCUT2D eigenvalue weighted by atomic mass is 16.5. The molecule has 1 atom stereocenters. The number of ether oxygens (including phenoxy) is 1. The second-order valence-corrected chi connectivity index (χ2v) is 7.53. The lowest BCUT2D eigenvalue weighted by Gasteiger charge is -2.25. The minimum Gasteiger partial charge on any atom is -0.494 e. The number of rotatable bonds is 7. The number of fused-ring (bicyclic) bond motifs is 1. The molecular formula is C25H25N3O3. The van der Waals surface area contributed by atoms with Gasteiger partial charge in [0.15, 0.2) is 0 Å². The fourth-order valence-corrected chi connectivity index (χ4v) is 3.88. The summed E-state index contributed by atoms with van der Waals surface area (Å²) in [6.45, 7) is 4.89. The number of pyridine rings is 1. The summed E-state index contributed by atoms with van der Waals surface area (Å²) in [6.07, 6.45) is 1.80. The average molecular weight is 415 g/mol. The van der Waals surface area contributed by atoms with Gasteiger partial charge in [-0.2, -0.15) is 0 Å². The Morgan fingerprint density at radius 3 is 2.77 bits per heavy atom. The van der Waals surface area contributed by atoms with Gasteiger partial charge in [0.05, 0.1) is 30.3 Å². The zero-order chi connectivity index (χ0) is 21.8. The second kappa shape index (κ2) is 9.00. The van der Waals surface area contributed by atoms with Crippen molar-refractivity contribution in [1.82, 2.24) is 10.3 Å². The molecule has 6 nitrogen and oxygen atoms in total. The first-order chi connectivity index (χ1) is 15.1. The van der Waals surface area contributed by atoms with Crippen molar-refractivity contribution in [3.8, 4) is 5.75 Å². The molecule has 2 aromatic carbocycles. The SMILES string of the molecule is CCOc1cccc(CNC(=O)CC2c3ncccc3C(=O)N2c2cccc(C)c2)c1. The monoisotopic (exact) mass is 415 g/mol. The Bertz CT molecular complexity index is 1110. The van der Waals surface area contributed by atoms with Crippen molar-refractivity contribution in [1.29, 1.82) is 0 Å². The summed E-state index contributed by atoms with van der Waals surface area (Å²) in [7, 11) is 0. The highest BCUT2D eigenvalue weighted by molar-refractivity contribution is 6.11. The molecule has 1 aromatic heterocycles. The number of benzene rings is 2. The summed E-state index contributed by atoms with van der Waals surface area (Å²) in [5, 5.41) is 2.96. The number of hydrogen-bond acceptors (Lipinski definition) is 4. The van der Waals surface area contributed by atoms with Gasteiger partial charge in [-0.15, -0.1) is 0 Å². The number of aryl methyl sites for hydroxylation is 1. The Morgan fingerprint density at radius 1 is 1.13 bits per heavy atom. The lowest BCUT2D eigenvalue weighted by molar-refractivity contribution is -0.121. The van der Waals surface area contributed by atoms with Crippen LogP contribution in [0.2, 0.25) is 0 Å². The maximum atomic E-state index is 13.1. The first-order valence-electron chi connectivity index (χ1n) is 10.4.